The molecule has 1 amide bonds. The van der Waals surface area contributed by atoms with E-state index in [-0.39, 0.29) is 12.5 Å². The molecule has 1 rings (SSSR count). The van der Waals surface area contributed by atoms with Gasteiger partial charge in [0.15, 0.2) is 6.61 Å². The Morgan fingerprint density at radius 2 is 2.36 bits per heavy atom. The van der Waals surface area contributed by atoms with Crippen LogP contribution in [0.4, 0.5) is 0 Å². The molecule has 0 heterocycles. The Hall–Kier alpha value is -1.07. The maximum atomic E-state index is 11.0. The number of carbonyl (C=O) groups is 1. The van der Waals surface area contributed by atoms with Crippen molar-refractivity contribution in [2.75, 3.05) is 13.7 Å². The zero-order valence-corrected chi connectivity index (χ0v) is 9.30. The molecular formula is C9H11BrN2O2. The molecule has 0 atom stereocenters. The average molecular weight is 259 g/mol. The Balaban J connectivity index is 2.41. The van der Waals surface area contributed by atoms with Crippen LogP contribution < -0.4 is 15.6 Å². The van der Waals surface area contributed by atoms with E-state index in [0.29, 0.717) is 5.75 Å². The molecule has 0 aromatic heterocycles. The average Bonchev–Trinajstić information content (AvgIpc) is 2.15. The fourth-order valence-corrected chi connectivity index (χ4v) is 1.26. The van der Waals surface area contributed by atoms with E-state index < -0.39 is 0 Å². The van der Waals surface area contributed by atoms with Gasteiger partial charge in [-0.1, -0.05) is 22.0 Å². The number of hydrogen-bond donors (Lipinski definition) is 2. The summed E-state index contributed by atoms with van der Waals surface area (Å²) in [5.74, 6) is 0.443. The minimum Gasteiger partial charge on any atom is -0.484 e. The number of halogens is 1. The van der Waals surface area contributed by atoms with Gasteiger partial charge in [0, 0.05) is 11.5 Å². The van der Waals surface area contributed by atoms with Gasteiger partial charge in [-0.2, -0.15) is 0 Å². The zero-order valence-electron chi connectivity index (χ0n) is 7.71. The predicted molar refractivity (Wildman–Crippen MR) is 56.8 cm³/mol. The third-order valence-corrected chi connectivity index (χ3v) is 1.92. The molecule has 0 aliphatic carbocycles. The highest BCUT2D eigenvalue weighted by atomic mass is 79.9. The third-order valence-electron chi connectivity index (χ3n) is 1.43. The van der Waals surface area contributed by atoms with Crippen LogP contribution in [0.1, 0.15) is 0 Å². The number of nitrogens with one attached hydrogen (secondary N) is 2. The zero-order chi connectivity index (χ0) is 10.4. The van der Waals surface area contributed by atoms with E-state index in [1.165, 1.54) is 0 Å². The van der Waals surface area contributed by atoms with Crippen LogP contribution >= 0.6 is 15.9 Å². The second-order valence-corrected chi connectivity index (χ2v) is 3.46. The summed E-state index contributed by atoms with van der Waals surface area (Å²) in [6.07, 6.45) is 0. The van der Waals surface area contributed by atoms with Crippen molar-refractivity contribution in [2.45, 2.75) is 0 Å². The van der Waals surface area contributed by atoms with Crippen LogP contribution in [0.3, 0.4) is 0 Å². The van der Waals surface area contributed by atoms with Crippen LogP contribution in [0.25, 0.3) is 0 Å². The molecule has 1 aromatic rings. The second-order valence-electron chi connectivity index (χ2n) is 2.54. The Bertz CT molecular complexity index is 317. The van der Waals surface area contributed by atoms with E-state index in [1.54, 1.807) is 19.2 Å². The van der Waals surface area contributed by atoms with Gasteiger partial charge in [0.1, 0.15) is 5.75 Å². The molecule has 0 unspecified atom stereocenters. The lowest BCUT2D eigenvalue weighted by atomic mass is 10.3. The van der Waals surface area contributed by atoms with Gasteiger partial charge in [0.2, 0.25) is 0 Å². The first-order valence-corrected chi connectivity index (χ1v) is 4.85. The summed E-state index contributed by atoms with van der Waals surface area (Å²) in [4.78, 5) is 11.0. The lowest BCUT2D eigenvalue weighted by Gasteiger charge is -2.06. The van der Waals surface area contributed by atoms with Crippen LogP contribution in [-0.2, 0) is 4.79 Å². The van der Waals surface area contributed by atoms with Crippen molar-refractivity contribution >= 4 is 21.8 Å². The van der Waals surface area contributed by atoms with E-state index in [2.05, 4.69) is 26.8 Å². The maximum Gasteiger partial charge on any atom is 0.271 e. The third kappa shape index (κ3) is 3.76. The summed E-state index contributed by atoms with van der Waals surface area (Å²) in [5.41, 5.74) is 4.93. The summed E-state index contributed by atoms with van der Waals surface area (Å²) in [6, 6.07) is 7.32. The molecule has 0 bridgehead atoms. The Labute approximate surface area is 90.7 Å². The topological polar surface area (TPSA) is 50.4 Å². The monoisotopic (exact) mass is 258 g/mol. The molecule has 0 aliphatic rings. The molecule has 5 heteroatoms. The molecular weight excluding hydrogens is 248 g/mol. The number of benzene rings is 1. The van der Waals surface area contributed by atoms with Gasteiger partial charge in [-0.3, -0.25) is 10.2 Å². The molecule has 76 valence electrons. The van der Waals surface area contributed by atoms with Gasteiger partial charge in [0.05, 0.1) is 0 Å². The normalized spacial score (nSPS) is 9.57. The van der Waals surface area contributed by atoms with E-state index in [0.717, 1.165) is 4.47 Å². The summed E-state index contributed by atoms with van der Waals surface area (Å²) in [7, 11) is 1.62. The second kappa shape index (κ2) is 5.62. The molecule has 1 aromatic carbocycles. The van der Waals surface area contributed by atoms with E-state index >= 15 is 0 Å². The molecule has 14 heavy (non-hydrogen) atoms. The lowest BCUT2D eigenvalue weighted by molar-refractivity contribution is -0.123. The first-order chi connectivity index (χ1) is 6.72. The van der Waals surface area contributed by atoms with Crippen molar-refractivity contribution in [3.05, 3.63) is 28.7 Å². The van der Waals surface area contributed by atoms with Crippen LogP contribution in [0.5, 0.6) is 5.75 Å². The highest BCUT2D eigenvalue weighted by Gasteiger charge is 2.00. The molecule has 0 saturated heterocycles. The quantitative estimate of drug-likeness (QED) is 0.795. The molecule has 0 spiro atoms. The summed E-state index contributed by atoms with van der Waals surface area (Å²) in [5, 5.41) is 0. The van der Waals surface area contributed by atoms with Crippen molar-refractivity contribution in [3.8, 4) is 5.75 Å². The van der Waals surface area contributed by atoms with Gasteiger partial charge in [-0.15, -0.1) is 0 Å². The van der Waals surface area contributed by atoms with Crippen LogP contribution in [0.2, 0.25) is 0 Å². The predicted octanol–water partition coefficient (Wildman–Crippen LogP) is 1.08. The molecule has 0 fully saturated rings. The van der Waals surface area contributed by atoms with Gasteiger partial charge < -0.3 is 4.74 Å². The molecule has 0 radical (unpaired) electrons. The molecule has 2 N–H and O–H groups in total. The lowest BCUT2D eigenvalue weighted by Crippen LogP contribution is -2.37. The molecule has 4 nitrogen and oxygen atoms in total. The molecule has 0 aliphatic heterocycles. The van der Waals surface area contributed by atoms with Crippen molar-refractivity contribution in [2.24, 2.45) is 0 Å². The summed E-state index contributed by atoms with van der Waals surface area (Å²) >= 11 is 3.31. The van der Waals surface area contributed by atoms with Gasteiger partial charge in [-0.05, 0) is 18.2 Å². The fraction of sp³-hybridized carbons (Fsp3) is 0.222. The van der Waals surface area contributed by atoms with Gasteiger partial charge >= 0.3 is 0 Å². The number of rotatable bonds is 4. The minimum atomic E-state index is -0.215. The fourth-order valence-electron chi connectivity index (χ4n) is 0.881. The standard InChI is InChI=1S/C9H11BrN2O2/c1-11-12-9(13)6-14-8-4-2-3-7(10)5-8/h2-5,11H,6H2,1H3,(H,12,13). The highest BCUT2D eigenvalue weighted by molar-refractivity contribution is 9.10. The van der Waals surface area contributed by atoms with Crippen LogP contribution in [-0.4, -0.2) is 19.6 Å². The van der Waals surface area contributed by atoms with Gasteiger partial charge in [0.25, 0.3) is 5.91 Å². The SMILES string of the molecule is CNNC(=O)COc1cccc(Br)c1. The first kappa shape index (κ1) is 11.0. The Morgan fingerprint density at radius 3 is 3.00 bits per heavy atom. The number of amides is 1. The van der Waals surface area contributed by atoms with Gasteiger partial charge in [-0.25, -0.2) is 5.43 Å². The van der Waals surface area contributed by atoms with Crippen LogP contribution in [0, 0.1) is 0 Å². The first-order valence-electron chi connectivity index (χ1n) is 4.06. The number of hydrazine groups is 1. The number of hydrogen-bond acceptors (Lipinski definition) is 3. The van der Waals surface area contributed by atoms with Crippen molar-refractivity contribution < 1.29 is 9.53 Å². The number of carbonyl (C=O) groups excluding carboxylic acids is 1. The minimum absolute atomic E-state index is 0.00269. The maximum absolute atomic E-state index is 11.0. The highest BCUT2D eigenvalue weighted by Crippen LogP contribution is 2.17. The molecule has 0 saturated carbocycles. The van der Waals surface area contributed by atoms with E-state index in [9.17, 15) is 4.79 Å². The van der Waals surface area contributed by atoms with Crippen molar-refractivity contribution in [1.29, 1.82) is 0 Å². The van der Waals surface area contributed by atoms with Crippen molar-refractivity contribution in [1.82, 2.24) is 10.9 Å². The summed E-state index contributed by atoms with van der Waals surface area (Å²) in [6.45, 7) is -0.00269. The van der Waals surface area contributed by atoms with E-state index in [4.69, 9.17) is 4.74 Å². The van der Waals surface area contributed by atoms with E-state index in [1.807, 2.05) is 12.1 Å². The Morgan fingerprint density at radius 1 is 1.57 bits per heavy atom. The number of ether oxygens (including phenoxy) is 1. The largest absolute Gasteiger partial charge is 0.484 e. The summed E-state index contributed by atoms with van der Waals surface area (Å²) < 4.78 is 6.14. The van der Waals surface area contributed by atoms with Crippen LogP contribution in [0.15, 0.2) is 28.7 Å². The Kier molecular flexibility index (Phi) is 4.42. The van der Waals surface area contributed by atoms with Crippen molar-refractivity contribution in [3.63, 3.8) is 0 Å². The smallest absolute Gasteiger partial charge is 0.271 e.